The van der Waals surface area contributed by atoms with Crippen LogP contribution < -0.4 is 11.1 Å². The number of hydrogen-bond donors (Lipinski definition) is 2. The second kappa shape index (κ2) is 4.26. The van der Waals surface area contributed by atoms with E-state index in [0.717, 1.165) is 17.2 Å². The van der Waals surface area contributed by atoms with Crippen molar-refractivity contribution in [1.82, 2.24) is 9.55 Å². The minimum Gasteiger partial charge on any atom is -0.397 e. The Hall–Kier alpha value is -1.97. The van der Waals surface area contributed by atoms with E-state index in [9.17, 15) is 0 Å². The molecule has 4 heteroatoms. The summed E-state index contributed by atoms with van der Waals surface area (Å²) in [7, 11) is 1.97. The van der Waals surface area contributed by atoms with Crippen LogP contribution in [-0.2, 0) is 13.6 Å². The zero-order chi connectivity index (χ0) is 11.5. The van der Waals surface area contributed by atoms with Gasteiger partial charge in [0.05, 0.1) is 17.9 Å². The average Bonchev–Trinajstić information content (AvgIpc) is 2.63. The molecule has 0 fully saturated rings. The van der Waals surface area contributed by atoms with Crippen LogP contribution in [0.1, 0.15) is 11.4 Å². The van der Waals surface area contributed by atoms with Gasteiger partial charge in [0.2, 0.25) is 0 Å². The van der Waals surface area contributed by atoms with Gasteiger partial charge in [-0.05, 0) is 24.6 Å². The number of imidazole rings is 1. The van der Waals surface area contributed by atoms with Crippen molar-refractivity contribution in [3.63, 3.8) is 0 Å². The first-order valence-corrected chi connectivity index (χ1v) is 5.23. The highest BCUT2D eigenvalue weighted by atomic mass is 15.1. The van der Waals surface area contributed by atoms with Gasteiger partial charge >= 0.3 is 0 Å². The van der Waals surface area contributed by atoms with Crippen LogP contribution in [0.25, 0.3) is 0 Å². The third-order valence-corrected chi connectivity index (χ3v) is 2.56. The topological polar surface area (TPSA) is 55.9 Å². The second-order valence-electron chi connectivity index (χ2n) is 3.90. The zero-order valence-corrected chi connectivity index (χ0v) is 9.57. The van der Waals surface area contributed by atoms with Gasteiger partial charge in [-0.25, -0.2) is 4.98 Å². The molecule has 0 amide bonds. The van der Waals surface area contributed by atoms with E-state index in [1.165, 1.54) is 5.56 Å². The number of anilines is 2. The predicted octanol–water partition coefficient (Wildman–Crippen LogP) is 1.92. The Balaban J connectivity index is 2.08. The molecule has 0 aliphatic rings. The maximum atomic E-state index is 5.91. The van der Waals surface area contributed by atoms with Crippen LogP contribution in [0.15, 0.2) is 30.6 Å². The first-order chi connectivity index (χ1) is 7.66. The van der Waals surface area contributed by atoms with E-state index in [1.54, 1.807) is 6.20 Å². The number of rotatable bonds is 3. The standard InChI is InChI=1S/C12H16N4/c1-9-3-4-11(10(13)7-9)15-8-12-14-5-6-16(12)2/h3-7,15H,8,13H2,1-2H3. The number of nitrogens with one attached hydrogen (secondary N) is 1. The van der Waals surface area contributed by atoms with Crippen LogP contribution in [0.2, 0.25) is 0 Å². The van der Waals surface area contributed by atoms with Crippen molar-refractivity contribution in [2.45, 2.75) is 13.5 Å². The van der Waals surface area contributed by atoms with Gasteiger partial charge in [0.25, 0.3) is 0 Å². The molecule has 2 rings (SSSR count). The summed E-state index contributed by atoms with van der Waals surface area (Å²) in [6.45, 7) is 2.70. The highest BCUT2D eigenvalue weighted by Gasteiger charge is 2.01. The Kier molecular flexibility index (Phi) is 2.81. The van der Waals surface area contributed by atoms with Gasteiger partial charge in [-0.3, -0.25) is 0 Å². The fourth-order valence-corrected chi connectivity index (χ4v) is 1.58. The SMILES string of the molecule is Cc1ccc(NCc2nccn2C)c(N)c1. The molecule has 0 bridgehead atoms. The molecule has 84 valence electrons. The average molecular weight is 216 g/mol. The first-order valence-electron chi connectivity index (χ1n) is 5.23. The maximum Gasteiger partial charge on any atom is 0.127 e. The van der Waals surface area contributed by atoms with Crippen molar-refractivity contribution < 1.29 is 0 Å². The summed E-state index contributed by atoms with van der Waals surface area (Å²) in [4.78, 5) is 4.24. The van der Waals surface area contributed by atoms with Crippen molar-refractivity contribution >= 4 is 11.4 Å². The molecule has 0 saturated carbocycles. The van der Waals surface area contributed by atoms with E-state index in [0.29, 0.717) is 6.54 Å². The smallest absolute Gasteiger partial charge is 0.127 e. The lowest BCUT2D eigenvalue weighted by Crippen LogP contribution is -2.07. The fourth-order valence-electron chi connectivity index (χ4n) is 1.58. The molecule has 0 aliphatic carbocycles. The number of nitrogens with zero attached hydrogens (tertiary/aromatic N) is 2. The Bertz CT molecular complexity index is 488. The number of hydrogen-bond acceptors (Lipinski definition) is 3. The lowest BCUT2D eigenvalue weighted by Gasteiger charge is -2.09. The van der Waals surface area contributed by atoms with E-state index in [2.05, 4.69) is 10.3 Å². The fraction of sp³-hybridized carbons (Fsp3) is 0.250. The number of aryl methyl sites for hydroxylation is 2. The third-order valence-electron chi connectivity index (χ3n) is 2.56. The van der Waals surface area contributed by atoms with Crippen molar-refractivity contribution in [1.29, 1.82) is 0 Å². The molecule has 1 aromatic heterocycles. The number of aromatic nitrogens is 2. The quantitative estimate of drug-likeness (QED) is 0.771. The Morgan fingerprint density at radius 2 is 2.25 bits per heavy atom. The second-order valence-corrected chi connectivity index (χ2v) is 3.90. The summed E-state index contributed by atoms with van der Waals surface area (Å²) < 4.78 is 1.98. The predicted molar refractivity (Wildman–Crippen MR) is 66.1 cm³/mol. The molecule has 0 radical (unpaired) electrons. The summed E-state index contributed by atoms with van der Waals surface area (Å²) >= 11 is 0. The van der Waals surface area contributed by atoms with Crippen LogP contribution in [0.5, 0.6) is 0 Å². The molecule has 3 N–H and O–H groups in total. The molecule has 2 aromatic rings. The van der Waals surface area contributed by atoms with Gasteiger partial charge in [-0.15, -0.1) is 0 Å². The monoisotopic (exact) mass is 216 g/mol. The Labute approximate surface area is 95.1 Å². The molecule has 1 heterocycles. The normalized spacial score (nSPS) is 10.4. The summed E-state index contributed by atoms with van der Waals surface area (Å²) in [5.74, 6) is 0.986. The third kappa shape index (κ3) is 2.16. The zero-order valence-electron chi connectivity index (χ0n) is 9.57. The van der Waals surface area contributed by atoms with Gasteiger partial charge in [0.15, 0.2) is 0 Å². The lowest BCUT2D eigenvalue weighted by atomic mass is 10.2. The molecule has 0 atom stereocenters. The molecular weight excluding hydrogens is 200 g/mol. The van der Waals surface area contributed by atoms with Gasteiger partial charge in [-0.1, -0.05) is 6.07 Å². The van der Waals surface area contributed by atoms with Crippen molar-refractivity contribution in [3.05, 3.63) is 42.0 Å². The van der Waals surface area contributed by atoms with Gasteiger partial charge < -0.3 is 15.6 Å². The minimum absolute atomic E-state index is 0.677. The molecule has 0 saturated heterocycles. The Morgan fingerprint density at radius 1 is 1.44 bits per heavy atom. The van der Waals surface area contributed by atoms with Gasteiger partial charge in [0, 0.05) is 19.4 Å². The Morgan fingerprint density at radius 3 is 2.88 bits per heavy atom. The number of nitrogens with two attached hydrogens (primary N) is 1. The first kappa shape index (κ1) is 10.5. The van der Waals surface area contributed by atoms with Crippen LogP contribution in [-0.4, -0.2) is 9.55 Å². The molecule has 1 aromatic carbocycles. The van der Waals surface area contributed by atoms with Crippen LogP contribution >= 0.6 is 0 Å². The lowest BCUT2D eigenvalue weighted by molar-refractivity contribution is 0.813. The summed E-state index contributed by atoms with van der Waals surface area (Å²) in [5.41, 5.74) is 8.80. The van der Waals surface area contributed by atoms with E-state index in [4.69, 9.17) is 5.73 Å². The molecule has 0 unspecified atom stereocenters. The highest BCUT2D eigenvalue weighted by molar-refractivity contribution is 5.66. The van der Waals surface area contributed by atoms with Crippen LogP contribution in [0.4, 0.5) is 11.4 Å². The van der Waals surface area contributed by atoms with Crippen LogP contribution in [0.3, 0.4) is 0 Å². The number of benzene rings is 1. The number of nitrogen functional groups attached to an aromatic ring is 1. The van der Waals surface area contributed by atoms with E-state index >= 15 is 0 Å². The van der Waals surface area contributed by atoms with E-state index in [-0.39, 0.29) is 0 Å². The van der Waals surface area contributed by atoms with Crippen molar-refractivity contribution in [2.75, 3.05) is 11.1 Å². The van der Waals surface area contributed by atoms with E-state index in [1.807, 2.05) is 42.9 Å². The molecular formula is C12H16N4. The van der Waals surface area contributed by atoms with Crippen molar-refractivity contribution in [2.24, 2.45) is 7.05 Å². The van der Waals surface area contributed by atoms with Gasteiger partial charge in [-0.2, -0.15) is 0 Å². The molecule has 4 nitrogen and oxygen atoms in total. The summed E-state index contributed by atoms with van der Waals surface area (Å²) in [6, 6.07) is 5.99. The largest absolute Gasteiger partial charge is 0.397 e. The van der Waals surface area contributed by atoms with Crippen molar-refractivity contribution in [3.8, 4) is 0 Å². The highest BCUT2D eigenvalue weighted by Crippen LogP contribution is 2.19. The molecule has 16 heavy (non-hydrogen) atoms. The maximum absolute atomic E-state index is 5.91. The minimum atomic E-state index is 0.677. The van der Waals surface area contributed by atoms with Crippen LogP contribution in [0, 0.1) is 6.92 Å². The molecule has 0 aliphatic heterocycles. The summed E-state index contributed by atoms with van der Waals surface area (Å²) in [5, 5.41) is 3.28. The molecule has 0 spiro atoms. The summed E-state index contributed by atoms with van der Waals surface area (Å²) in [6.07, 6.45) is 3.71. The van der Waals surface area contributed by atoms with E-state index < -0.39 is 0 Å². The van der Waals surface area contributed by atoms with Gasteiger partial charge in [0.1, 0.15) is 5.82 Å².